The van der Waals surface area contributed by atoms with E-state index in [1.165, 1.54) is 11.0 Å². The quantitative estimate of drug-likeness (QED) is 0.863. The Morgan fingerprint density at radius 2 is 2.10 bits per heavy atom. The number of rotatable bonds is 4. The zero-order valence-electron chi connectivity index (χ0n) is 12.0. The summed E-state index contributed by atoms with van der Waals surface area (Å²) in [4.78, 5) is 24.9. The Bertz CT molecular complexity index is 553. The van der Waals surface area contributed by atoms with Crippen LogP contribution in [0.15, 0.2) is 30.3 Å². The fourth-order valence-corrected chi connectivity index (χ4v) is 2.51. The smallest absolute Gasteiger partial charge is 0.326 e. The highest BCUT2D eigenvalue weighted by Crippen LogP contribution is 2.20. The van der Waals surface area contributed by atoms with E-state index in [-0.39, 0.29) is 5.91 Å². The van der Waals surface area contributed by atoms with E-state index in [1.807, 2.05) is 24.3 Å². The summed E-state index contributed by atoms with van der Waals surface area (Å²) in [5, 5.41) is 9.19. The average Bonchev–Trinajstić information content (AvgIpc) is 2.52. The predicted molar refractivity (Wildman–Crippen MR) is 79.0 cm³/mol. The van der Waals surface area contributed by atoms with Gasteiger partial charge in [-0.1, -0.05) is 18.2 Å². The highest BCUT2D eigenvalue weighted by molar-refractivity contribution is 5.94. The molecular weight excluding hydrogens is 270 g/mol. The molecule has 0 aromatic heterocycles. The van der Waals surface area contributed by atoms with Crippen molar-refractivity contribution >= 4 is 18.0 Å². The third kappa shape index (κ3) is 3.62. The van der Waals surface area contributed by atoms with Gasteiger partial charge in [-0.25, -0.2) is 4.79 Å². The first-order valence-electron chi connectivity index (χ1n) is 6.98. The Kier molecular flexibility index (Phi) is 4.98. The van der Waals surface area contributed by atoms with Gasteiger partial charge in [-0.05, 0) is 31.4 Å². The largest absolute Gasteiger partial charge is 0.496 e. The first-order valence-corrected chi connectivity index (χ1v) is 6.98. The van der Waals surface area contributed by atoms with Gasteiger partial charge in [0.05, 0.1) is 7.11 Å². The minimum Gasteiger partial charge on any atom is -0.496 e. The number of para-hydroxylation sites is 1. The number of ether oxygens (including phenoxy) is 1. The molecule has 0 radical (unpaired) electrons. The first-order chi connectivity index (χ1) is 10.1. The lowest BCUT2D eigenvalue weighted by Gasteiger charge is -2.32. The van der Waals surface area contributed by atoms with Crippen molar-refractivity contribution < 1.29 is 19.4 Å². The molecule has 0 saturated carbocycles. The van der Waals surface area contributed by atoms with Crippen molar-refractivity contribution in [1.29, 1.82) is 0 Å². The summed E-state index contributed by atoms with van der Waals surface area (Å²) >= 11 is 0. The summed E-state index contributed by atoms with van der Waals surface area (Å²) < 4.78 is 5.21. The summed E-state index contributed by atoms with van der Waals surface area (Å²) in [6.45, 7) is 0.492. The van der Waals surface area contributed by atoms with Crippen LogP contribution in [0.4, 0.5) is 0 Å². The number of carboxylic acid groups (broad SMARTS) is 1. The van der Waals surface area contributed by atoms with Crippen LogP contribution in [0.2, 0.25) is 0 Å². The molecule has 0 aliphatic carbocycles. The highest BCUT2D eigenvalue weighted by Gasteiger charge is 2.30. The molecule has 21 heavy (non-hydrogen) atoms. The third-order valence-corrected chi connectivity index (χ3v) is 3.62. The minimum absolute atomic E-state index is 0.270. The van der Waals surface area contributed by atoms with Crippen LogP contribution in [0.3, 0.4) is 0 Å². The lowest BCUT2D eigenvalue weighted by Crippen LogP contribution is -2.47. The van der Waals surface area contributed by atoms with Crippen LogP contribution in [0, 0.1) is 0 Å². The molecule has 1 aliphatic heterocycles. The van der Waals surface area contributed by atoms with E-state index >= 15 is 0 Å². The Morgan fingerprint density at radius 3 is 2.81 bits per heavy atom. The van der Waals surface area contributed by atoms with Gasteiger partial charge in [0.15, 0.2) is 0 Å². The second-order valence-corrected chi connectivity index (χ2v) is 4.96. The average molecular weight is 289 g/mol. The fourth-order valence-electron chi connectivity index (χ4n) is 2.51. The second kappa shape index (κ2) is 6.92. The number of carbonyl (C=O) groups excluding carboxylic acids is 1. The molecule has 1 unspecified atom stereocenters. The van der Waals surface area contributed by atoms with Crippen LogP contribution in [0.5, 0.6) is 5.75 Å². The molecule has 1 amide bonds. The fraction of sp³-hybridized carbons (Fsp3) is 0.375. The SMILES string of the molecule is COc1ccccc1/C=C/C(=O)N1CCCCC1C(=O)O. The maximum absolute atomic E-state index is 12.2. The molecule has 1 atom stereocenters. The maximum atomic E-state index is 12.2. The van der Waals surface area contributed by atoms with Gasteiger partial charge in [-0.3, -0.25) is 4.79 Å². The molecule has 0 spiro atoms. The van der Waals surface area contributed by atoms with Gasteiger partial charge in [-0.2, -0.15) is 0 Å². The topological polar surface area (TPSA) is 66.8 Å². The van der Waals surface area contributed by atoms with E-state index in [0.29, 0.717) is 18.7 Å². The molecule has 1 aromatic carbocycles. The van der Waals surface area contributed by atoms with Gasteiger partial charge < -0.3 is 14.7 Å². The third-order valence-electron chi connectivity index (χ3n) is 3.62. The van der Waals surface area contributed by atoms with Crippen molar-refractivity contribution in [2.75, 3.05) is 13.7 Å². The molecule has 1 fully saturated rings. The maximum Gasteiger partial charge on any atom is 0.326 e. The number of hydrogen-bond donors (Lipinski definition) is 1. The first kappa shape index (κ1) is 15.1. The van der Waals surface area contributed by atoms with Crippen LogP contribution < -0.4 is 4.74 Å². The van der Waals surface area contributed by atoms with Gasteiger partial charge >= 0.3 is 5.97 Å². The van der Waals surface area contributed by atoms with E-state index in [0.717, 1.165) is 18.4 Å². The van der Waals surface area contributed by atoms with Gasteiger partial charge in [-0.15, -0.1) is 0 Å². The zero-order valence-corrected chi connectivity index (χ0v) is 12.0. The Hall–Kier alpha value is -2.30. The predicted octanol–water partition coefficient (Wildman–Crippen LogP) is 2.17. The molecule has 5 nitrogen and oxygen atoms in total. The Balaban J connectivity index is 2.12. The molecule has 1 aromatic rings. The minimum atomic E-state index is -0.936. The number of carbonyl (C=O) groups is 2. The summed E-state index contributed by atoms with van der Waals surface area (Å²) in [5.41, 5.74) is 0.789. The van der Waals surface area contributed by atoms with Crippen molar-refractivity contribution in [1.82, 2.24) is 4.90 Å². The Labute approximate surface area is 123 Å². The number of carboxylic acids is 1. The van der Waals surface area contributed by atoms with E-state index in [2.05, 4.69) is 0 Å². The van der Waals surface area contributed by atoms with Crippen molar-refractivity contribution in [2.24, 2.45) is 0 Å². The summed E-state index contributed by atoms with van der Waals surface area (Å²) in [5.74, 6) is -0.531. The molecule has 5 heteroatoms. The van der Waals surface area contributed by atoms with Gasteiger partial charge in [0.1, 0.15) is 11.8 Å². The number of aliphatic carboxylic acids is 1. The number of amides is 1. The van der Waals surface area contributed by atoms with Crippen LogP contribution in [0.25, 0.3) is 6.08 Å². The molecule has 1 heterocycles. The molecule has 1 aliphatic rings. The Morgan fingerprint density at radius 1 is 1.33 bits per heavy atom. The molecular formula is C16H19NO4. The highest BCUT2D eigenvalue weighted by atomic mass is 16.5. The van der Waals surface area contributed by atoms with Gasteiger partial charge in [0.25, 0.3) is 0 Å². The number of hydrogen-bond acceptors (Lipinski definition) is 3. The molecule has 112 valence electrons. The summed E-state index contributed by atoms with van der Waals surface area (Å²) in [7, 11) is 1.57. The van der Waals surface area contributed by atoms with Crippen molar-refractivity contribution in [2.45, 2.75) is 25.3 Å². The monoisotopic (exact) mass is 289 g/mol. The van der Waals surface area contributed by atoms with Crippen LogP contribution in [0.1, 0.15) is 24.8 Å². The molecule has 1 saturated heterocycles. The molecule has 1 N–H and O–H groups in total. The van der Waals surface area contributed by atoms with E-state index < -0.39 is 12.0 Å². The van der Waals surface area contributed by atoms with Crippen LogP contribution in [-0.4, -0.2) is 41.6 Å². The number of likely N-dealkylation sites (tertiary alicyclic amines) is 1. The lowest BCUT2D eigenvalue weighted by molar-refractivity contribution is -0.150. The van der Waals surface area contributed by atoms with E-state index in [4.69, 9.17) is 4.74 Å². The summed E-state index contributed by atoms with van der Waals surface area (Å²) in [6, 6.07) is 6.64. The lowest BCUT2D eigenvalue weighted by atomic mass is 10.0. The van der Waals surface area contributed by atoms with Gasteiger partial charge in [0, 0.05) is 18.2 Å². The van der Waals surface area contributed by atoms with Crippen molar-refractivity contribution in [3.05, 3.63) is 35.9 Å². The van der Waals surface area contributed by atoms with Crippen molar-refractivity contribution in [3.63, 3.8) is 0 Å². The number of nitrogens with zero attached hydrogens (tertiary/aromatic N) is 1. The van der Waals surface area contributed by atoms with E-state index in [9.17, 15) is 14.7 Å². The normalized spacial score (nSPS) is 18.7. The van der Waals surface area contributed by atoms with Crippen LogP contribution >= 0.6 is 0 Å². The molecule has 0 bridgehead atoms. The number of piperidine rings is 1. The van der Waals surface area contributed by atoms with Crippen LogP contribution in [-0.2, 0) is 9.59 Å². The molecule has 2 rings (SSSR count). The van der Waals surface area contributed by atoms with Crippen molar-refractivity contribution in [3.8, 4) is 5.75 Å². The van der Waals surface area contributed by atoms with Gasteiger partial charge in [0.2, 0.25) is 5.91 Å². The number of benzene rings is 1. The number of methoxy groups -OCH3 is 1. The second-order valence-electron chi connectivity index (χ2n) is 4.96. The van der Waals surface area contributed by atoms with E-state index in [1.54, 1.807) is 13.2 Å². The zero-order chi connectivity index (χ0) is 15.2. The standard InChI is InChI=1S/C16H19NO4/c1-21-14-8-3-2-6-12(14)9-10-15(18)17-11-5-4-7-13(17)16(19)20/h2-3,6,8-10,13H,4-5,7,11H2,1H3,(H,19,20)/b10-9+. The summed E-state index contributed by atoms with van der Waals surface area (Å²) in [6.07, 6.45) is 5.28.